The maximum absolute atomic E-state index is 13.8. The number of carbonyl (C=O) groups is 1. The molecule has 0 aliphatic heterocycles. The lowest BCUT2D eigenvalue weighted by Crippen LogP contribution is -2.11. The van der Waals surface area contributed by atoms with Crippen molar-refractivity contribution in [3.8, 4) is 11.3 Å². The van der Waals surface area contributed by atoms with Crippen molar-refractivity contribution in [3.63, 3.8) is 0 Å². The molecule has 2 rings (SSSR count). The second-order valence-corrected chi connectivity index (χ2v) is 5.22. The third-order valence-electron chi connectivity index (χ3n) is 3.35. The standard InChI is InChI=1S/C15H11ClF4N2O2/c1-6-11(21)10(16)13(14(23)24-2)22-12(6)7-3-4-8(9(17)5-7)15(18,19)20/h3-5H,1-2H3,(H2,21,22). The molecule has 2 aromatic rings. The van der Waals surface area contributed by atoms with E-state index < -0.39 is 23.5 Å². The Bertz CT molecular complexity index is 822. The molecule has 0 amide bonds. The van der Waals surface area contributed by atoms with Gasteiger partial charge in [0.25, 0.3) is 0 Å². The molecule has 1 aromatic carbocycles. The third kappa shape index (κ3) is 3.14. The lowest BCUT2D eigenvalue weighted by Gasteiger charge is -2.14. The zero-order valence-corrected chi connectivity index (χ0v) is 13.2. The van der Waals surface area contributed by atoms with Crippen LogP contribution in [0.2, 0.25) is 5.02 Å². The van der Waals surface area contributed by atoms with Crippen LogP contribution in [0, 0.1) is 12.7 Å². The molecule has 2 N–H and O–H groups in total. The summed E-state index contributed by atoms with van der Waals surface area (Å²) in [4.78, 5) is 15.7. The van der Waals surface area contributed by atoms with E-state index in [2.05, 4.69) is 9.72 Å². The van der Waals surface area contributed by atoms with Crippen LogP contribution in [0.3, 0.4) is 0 Å². The first-order chi connectivity index (χ1) is 11.1. The van der Waals surface area contributed by atoms with Crippen LogP contribution in [-0.4, -0.2) is 18.1 Å². The van der Waals surface area contributed by atoms with E-state index in [1.807, 2.05) is 0 Å². The molecule has 0 atom stereocenters. The molecule has 0 aliphatic rings. The summed E-state index contributed by atoms with van der Waals surface area (Å²) < 4.78 is 56.2. The molecule has 0 fully saturated rings. The molecular weight excluding hydrogens is 352 g/mol. The monoisotopic (exact) mass is 362 g/mol. The first-order valence-corrected chi connectivity index (χ1v) is 6.86. The van der Waals surface area contributed by atoms with Crippen molar-refractivity contribution in [2.45, 2.75) is 13.1 Å². The van der Waals surface area contributed by atoms with E-state index in [1.165, 1.54) is 6.92 Å². The van der Waals surface area contributed by atoms with Crippen molar-refractivity contribution in [2.24, 2.45) is 0 Å². The fourth-order valence-corrected chi connectivity index (χ4v) is 2.33. The molecule has 9 heteroatoms. The second kappa shape index (κ2) is 6.27. The molecule has 0 saturated heterocycles. The zero-order chi connectivity index (χ0) is 18.2. The number of nitrogen functional groups attached to an aromatic ring is 1. The Morgan fingerprint density at radius 1 is 1.33 bits per heavy atom. The first-order valence-electron chi connectivity index (χ1n) is 6.49. The summed E-state index contributed by atoms with van der Waals surface area (Å²) in [6.45, 7) is 1.50. The number of pyridine rings is 1. The number of halogens is 5. The average Bonchev–Trinajstić information content (AvgIpc) is 2.51. The van der Waals surface area contributed by atoms with Gasteiger partial charge >= 0.3 is 12.1 Å². The minimum absolute atomic E-state index is 0.00220. The zero-order valence-electron chi connectivity index (χ0n) is 12.5. The highest BCUT2D eigenvalue weighted by atomic mass is 35.5. The van der Waals surface area contributed by atoms with E-state index in [1.54, 1.807) is 0 Å². The number of anilines is 1. The van der Waals surface area contributed by atoms with Gasteiger partial charge in [0.15, 0.2) is 5.69 Å². The van der Waals surface area contributed by atoms with Crippen molar-refractivity contribution in [2.75, 3.05) is 12.8 Å². The molecule has 0 bridgehead atoms. The van der Waals surface area contributed by atoms with Crippen molar-refractivity contribution >= 4 is 23.3 Å². The van der Waals surface area contributed by atoms with Gasteiger partial charge in [-0.1, -0.05) is 17.7 Å². The maximum atomic E-state index is 13.8. The van der Waals surface area contributed by atoms with E-state index in [0.717, 1.165) is 13.2 Å². The van der Waals surface area contributed by atoms with Gasteiger partial charge in [-0.2, -0.15) is 13.2 Å². The van der Waals surface area contributed by atoms with Gasteiger partial charge in [-0.25, -0.2) is 14.2 Å². The number of carbonyl (C=O) groups excluding carboxylic acids is 1. The molecule has 0 radical (unpaired) electrons. The van der Waals surface area contributed by atoms with E-state index in [-0.39, 0.29) is 27.7 Å². The fraction of sp³-hybridized carbons (Fsp3) is 0.200. The lowest BCUT2D eigenvalue weighted by molar-refractivity contribution is -0.139. The van der Waals surface area contributed by atoms with Crippen molar-refractivity contribution < 1.29 is 27.1 Å². The minimum Gasteiger partial charge on any atom is -0.464 e. The highest BCUT2D eigenvalue weighted by molar-refractivity contribution is 6.36. The lowest BCUT2D eigenvalue weighted by atomic mass is 10.0. The Hall–Kier alpha value is -2.35. The van der Waals surface area contributed by atoms with E-state index in [9.17, 15) is 22.4 Å². The van der Waals surface area contributed by atoms with Gasteiger partial charge in [-0.3, -0.25) is 0 Å². The normalized spacial score (nSPS) is 11.5. The molecule has 1 aromatic heterocycles. The van der Waals surface area contributed by atoms with Gasteiger partial charge in [0.2, 0.25) is 0 Å². The quantitative estimate of drug-likeness (QED) is 0.641. The minimum atomic E-state index is -4.82. The summed E-state index contributed by atoms with van der Waals surface area (Å²) in [6, 6.07) is 2.30. The molecule has 0 saturated carbocycles. The average molecular weight is 363 g/mol. The second-order valence-electron chi connectivity index (χ2n) is 4.85. The maximum Gasteiger partial charge on any atom is 0.419 e. The highest BCUT2D eigenvalue weighted by Gasteiger charge is 2.34. The predicted molar refractivity (Wildman–Crippen MR) is 80.1 cm³/mol. The smallest absolute Gasteiger partial charge is 0.419 e. The number of hydrogen-bond donors (Lipinski definition) is 1. The van der Waals surface area contributed by atoms with E-state index >= 15 is 0 Å². The topological polar surface area (TPSA) is 65.2 Å². The van der Waals surface area contributed by atoms with Crippen LogP contribution in [0.25, 0.3) is 11.3 Å². The number of aromatic nitrogens is 1. The van der Waals surface area contributed by atoms with Gasteiger partial charge in [0.05, 0.1) is 29.1 Å². The number of nitrogens with two attached hydrogens (primary N) is 1. The number of hydrogen-bond acceptors (Lipinski definition) is 4. The number of benzene rings is 1. The SMILES string of the molecule is COC(=O)c1nc(-c2ccc(C(F)(F)F)c(F)c2)c(C)c(N)c1Cl. The van der Waals surface area contributed by atoms with Crippen LogP contribution < -0.4 is 5.73 Å². The Morgan fingerprint density at radius 3 is 2.46 bits per heavy atom. The molecule has 128 valence electrons. The van der Waals surface area contributed by atoms with E-state index in [0.29, 0.717) is 17.7 Å². The molecule has 0 aliphatic carbocycles. The number of methoxy groups -OCH3 is 1. The summed E-state index contributed by atoms with van der Waals surface area (Å²) in [7, 11) is 1.11. The molecule has 4 nitrogen and oxygen atoms in total. The van der Waals surface area contributed by atoms with Crippen LogP contribution in [0.5, 0.6) is 0 Å². The highest BCUT2D eigenvalue weighted by Crippen LogP contribution is 2.36. The Kier molecular flexibility index (Phi) is 4.70. The summed E-state index contributed by atoms with van der Waals surface area (Å²) in [5, 5.41) is -0.143. The van der Waals surface area contributed by atoms with Crippen molar-refractivity contribution in [1.82, 2.24) is 4.98 Å². The van der Waals surface area contributed by atoms with Gasteiger partial charge in [-0.15, -0.1) is 0 Å². The largest absolute Gasteiger partial charge is 0.464 e. The number of alkyl halides is 3. The summed E-state index contributed by atoms with van der Waals surface area (Å²) in [6.07, 6.45) is -4.82. The molecule has 0 unspecified atom stereocenters. The van der Waals surface area contributed by atoms with Crippen LogP contribution in [0.15, 0.2) is 18.2 Å². The number of ether oxygens (including phenoxy) is 1. The van der Waals surface area contributed by atoms with E-state index in [4.69, 9.17) is 17.3 Å². The molecule has 24 heavy (non-hydrogen) atoms. The first kappa shape index (κ1) is 18.0. The van der Waals surface area contributed by atoms with Gasteiger partial charge in [0.1, 0.15) is 5.82 Å². The molecular formula is C15H11ClF4N2O2. The third-order valence-corrected chi connectivity index (χ3v) is 3.74. The van der Waals surface area contributed by atoms with Crippen molar-refractivity contribution in [3.05, 3.63) is 45.9 Å². The van der Waals surface area contributed by atoms with Crippen LogP contribution in [-0.2, 0) is 10.9 Å². The summed E-state index contributed by atoms with van der Waals surface area (Å²) in [5.74, 6) is -2.34. The number of nitrogens with zero attached hydrogens (tertiary/aromatic N) is 1. The number of esters is 1. The van der Waals surface area contributed by atoms with Crippen LogP contribution in [0.1, 0.15) is 21.6 Å². The predicted octanol–water partition coefficient (Wildman–Crippen LogP) is 4.24. The van der Waals surface area contributed by atoms with Gasteiger partial charge < -0.3 is 10.5 Å². The van der Waals surface area contributed by atoms with Crippen LogP contribution >= 0.6 is 11.6 Å². The van der Waals surface area contributed by atoms with Gasteiger partial charge in [0, 0.05) is 5.56 Å². The van der Waals surface area contributed by atoms with Gasteiger partial charge in [-0.05, 0) is 24.6 Å². The Labute approximate surface area is 139 Å². The van der Waals surface area contributed by atoms with Crippen LogP contribution in [0.4, 0.5) is 23.2 Å². The van der Waals surface area contributed by atoms with Crippen molar-refractivity contribution in [1.29, 1.82) is 0 Å². The fourth-order valence-electron chi connectivity index (χ4n) is 2.07. The molecule has 0 spiro atoms. The Balaban J connectivity index is 2.67. The Morgan fingerprint density at radius 2 is 1.96 bits per heavy atom. The summed E-state index contributed by atoms with van der Waals surface area (Å²) in [5.41, 5.74) is 4.44. The number of rotatable bonds is 2. The summed E-state index contributed by atoms with van der Waals surface area (Å²) >= 11 is 5.94. The molecule has 1 heterocycles.